The summed E-state index contributed by atoms with van der Waals surface area (Å²) in [6, 6.07) is 9.18. The lowest BCUT2D eigenvalue weighted by molar-refractivity contribution is 0.0437. The molecule has 0 aliphatic heterocycles. The second kappa shape index (κ2) is 8.39. The van der Waals surface area contributed by atoms with Crippen LogP contribution in [-0.4, -0.2) is 30.7 Å². The van der Waals surface area contributed by atoms with E-state index in [1.165, 1.54) is 25.3 Å². The Kier molecular flexibility index (Phi) is 6.23. The average Bonchev–Trinajstić information content (AvgIpc) is 3.06. The number of carbonyl (C=O) groups excluding carboxylic acids is 3. The Morgan fingerprint density at radius 2 is 1.81 bits per heavy atom. The van der Waals surface area contributed by atoms with Crippen LogP contribution in [-0.2, 0) is 20.8 Å². The summed E-state index contributed by atoms with van der Waals surface area (Å²) in [6.07, 6.45) is -0.626. The van der Waals surface area contributed by atoms with Gasteiger partial charge in [-0.15, -0.1) is 0 Å². The van der Waals surface area contributed by atoms with Crippen LogP contribution < -0.4 is 5.32 Å². The molecule has 0 aliphatic carbocycles. The van der Waals surface area contributed by atoms with Crippen molar-refractivity contribution >= 4 is 23.7 Å². The van der Waals surface area contributed by atoms with E-state index in [4.69, 9.17) is 13.9 Å². The number of benzene rings is 1. The maximum atomic E-state index is 12.2. The Balaban J connectivity index is 1.95. The number of furan rings is 1. The number of hydrogen-bond donors (Lipinski definition) is 1. The zero-order valence-electron chi connectivity index (χ0n) is 15.5. The maximum absolute atomic E-state index is 12.2. The van der Waals surface area contributed by atoms with Crippen LogP contribution in [0.3, 0.4) is 0 Å². The molecule has 0 saturated carbocycles. The summed E-state index contributed by atoms with van der Waals surface area (Å²) >= 11 is 0. The predicted molar refractivity (Wildman–Crippen MR) is 95.5 cm³/mol. The van der Waals surface area contributed by atoms with Gasteiger partial charge in [0.15, 0.2) is 0 Å². The van der Waals surface area contributed by atoms with Gasteiger partial charge in [-0.25, -0.2) is 14.4 Å². The molecule has 0 fully saturated rings. The highest BCUT2D eigenvalue weighted by Gasteiger charge is 2.17. The van der Waals surface area contributed by atoms with Crippen molar-refractivity contribution < 1.29 is 33.0 Å². The number of nitrogens with one attached hydrogen (secondary N) is 1. The molecule has 8 heteroatoms. The molecule has 0 spiro atoms. The maximum Gasteiger partial charge on any atom is 0.412 e. The first-order valence-electron chi connectivity index (χ1n) is 8.12. The average molecular weight is 375 g/mol. The van der Waals surface area contributed by atoms with E-state index in [9.17, 15) is 14.4 Å². The summed E-state index contributed by atoms with van der Waals surface area (Å²) in [7, 11) is 1.24. The highest BCUT2D eigenvalue weighted by Crippen LogP contribution is 2.16. The normalized spacial score (nSPS) is 10.8. The molecule has 0 atom stereocenters. The molecule has 0 aliphatic rings. The topological polar surface area (TPSA) is 104 Å². The van der Waals surface area contributed by atoms with Crippen LogP contribution in [0.4, 0.5) is 10.5 Å². The molecule has 1 N–H and O–H groups in total. The van der Waals surface area contributed by atoms with E-state index in [2.05, 4.69) is 10.1 Å². The van der Waals surface area contributed by atoms with Gasteiger partial charge in [-0.2, -0.15) is 0 Å². The number of anilines is 1. The monoisotopic (exact) mass is 375 g/mol. The van der Waals surface area contributed by atoms with Gasteiger partial charge in [0.25, 0.3) is 0 Å². The third kappa shape index (κ3) is 6.18. The second-order valence-electron chi connectivity index (χ2n) is 6.54. The van der Waals surface area contributed by atoms with Gasteiger partial charge >= 0.3 is 18.0 Å². The summed E-state index contributed by atoms with van der Waals surface area (Å²) in [4.78, 5) is 35.3. The molecule has 2 rings (SSSR count). The van der Waals surface area contributed by atoms with Gasteiger partial charge in [0.05, 0.1) is 12.7 Å². The van der Waals surface area contributed by atoms with Crippen molar-refractivity contribution in [3.05, 3.63) is 53.5 Å². The van der Waals surface area contributed by atoms with Crippen LogP contribution in [0.25, 0.3) is 0 Å². The zero-order valence-corrected chi connectivity index (χ0v) is 15.5. The van der Waals surface area contributed by atoms with Crippen molar-refractivity contribution in [1.29, 1.82) is 0 Å². The van der Waals surface area contributed by atoms with E-state index in [1.807, 2.05) is 0 Å². The van der Waals surface area contributed by atoms with Crippen LogP contribution in [0.15, 0.2) is 40.8 Å². The van der Waals surface area contributed by atoms with E-state index >= 15 is 0 Å². The highest BCUT2D eigenvalue weighted by atomic mass is 16.6. The van der Waals surface area contributed by atoms with Crippen LogP contribution in [0, 0.1) is 0 Å². The Hall–Kier alpha value is -3.29. The first-order valence-corrected chi connectivity index (χ1v) is 8.12. The van der Waals surface area contributed by atoms with E-state index in [-0.39, 0.29) is 17.9 Å². The first kappa shape index (κ1) is 20.0. The molecule has 2 aromatic rings. The third-order valence-electron chi connectivity index (χ3n) is 3.14. The lowest BCUT2D eigenvalue weighted by Gasteiger charge is -2.19. The Labute approximate surface area is 156 Å². The number of carbonyl (C=O) groups is 3. The largest absolute Gasteiger partial charge is 0.463 e. The van der Waals surface area contributed by atoms with Gasteiger partial charge in [0, 0.05) is 5.69 Å². The smallest absolute Gasteiger partial charge is 0.412 e. The second-order valence-corrected chi connectivity index (χ2v) is 6.54. The van der Waals surface area contributed by atoms with Gasteiger partial charge in [-0.05, 0) is 51.1 Å². The summed E-state index contributed by atoms with van der Waals surface area (Å²) in [5, 5.41) is 2.55. The minimum Gasteiger partial charge on any atom is -0.463 e. The summed E-state index contributed by atoms with van der Waals surface area (Å²) < 4.78 is 20.1. The molecule has 27 heavy (non-hydrogen) atoms. The molecular weight excluding hydrogens is 354 g/mol. The van der Waals surface area contributed by atoms with Crippen molar-refractivity contribution in [3.63, 3.8) is 0 Å². The van der Waals surface area contributed by atoms with Crippen LogP contribution in [0.2, 0.25) is 0 Å². The molecule has 0 bridgehead atoms. The molecule has 0 radical (unpaired) electrons. The van der Waals surface area contributed by atoms with Crippen molar-refractivity contribution in [2.45, 2.75) is 33.0 Å². The lowest BCUT2D eigenvalue weighted by Crippen LogP contribution is -2.27. The lowest BCUT2D eigenvalue weighted by atomic mass is 10.2. The quantitative estimate of drug-likeness (QED) is 0.626. The van der Waals surface area contributed by atoms with Crippen molar-refractivity contribution in [1.82, 2.24) is 0 Å². The van der Waals surface area contributed by atoms with Crippen molar-refractivity contribution in [2.75, 3.05) is 12.4 Å². The van der Waals surface area contributed by atoms with Crippen LogP contribution >= 0.6 is 0 Å². The number of ether oxygens (including phenoxy) is 3. The van der Waals surface area contributed by atoms with E-state index < -0.39 is 23.6 Å². The first-order chi connectivity index (χ1) is 12.7. The number of hydrogen-bond acceptors (Lipinski definition) is 7. The van der Waals surface area contributed by atoms with Crippen molar-refractivity contribution in [2.24, 2.45) is 0 Å². The minimum atomic E-state index is -0.632. The number of rotatable bonds is 5. The zero-order chi connectivity index (χ0) is 20.0. The molecule has 0 unspecified atom stereocenters. The summed E-state index contributed by atoms with van der Waals surface area (Å²) in [5.41, 5.74) is 0.000166. The van der Waals surface area contributed by atoms with Gasteiger partial charge in [-0.3, -0.25) is 5.32 Å². The SMILES string of the molecule is COC(=O)c1ccc(COC(=O)c2cccc(NC(=O)OC(C)(C)C)c2)o1. The predicted octanol–water partition coefficient (Wildman–Crippen LogP) is 3.77. The molecule has 1 aromatic carbocycles. The molecular formula is C19H21NO7. The Bertz CT molecular complexity index is 833. The summed E-state index contributed by atoms with van der Waals surface area (Å²) in [6.45, 7) is 5.10. The Morgan fingerprint density at radius 3 is 2.48 bits per heavy atom. The molecule has 144 valence electrons. The van der Waals surface area contributed by atoms with Gasteiger partial charge in [-0.1, -0.05) is 6.07 Å². The minimum absolute atomic E-state index is 0.0205. The van der Waals surface area contributed by atoms with Gasteiger partial charge in [0.1, 0.15) is 18.0 Å². The van der Waals surface area contributed by atoms with Crippen molar-refractivity contribution in [3.8, 4) is 0 Å². The molecule has 1 amide bonds. The molecule has 8 nitrogen and oxygen atoms in total. The molecule has 1 heterocycles. The highest BCUT2D eigenvalue weighted by molar-refractivity contribution is 5.92. The summed E-state index contributed by atoms with van der Waals surface area (Å²) in [5.74, 6) is -0.911. The number of amides is 1. The van der Waals surface area contributed by atoms with Gasteiger partial charge in [0.2, 0.25) is 5.76 Å². The van der Waals surface area contributed by atoms with Crippen LogP contribution in [0.5, 0.6) is 0 Å². The molecule has 0 saturated heterocycles. The van der Waals surface area contributed by atoms with Crippen LogP contribution in [0.1, 0.15) is 47.4 Å². The van der Waals surface area contributed by atoms with Gasteiger partial charge < -0.3 is 18.6 Å². The van der Waals surface area contributed by atoms with E-state index in [0.29, 0.717) is 11.4 Å². The fraction of sp³-hybridized carbons (Fsp3) is 0.316. The fourth-order valence-corrected chi connectivity index (χ4v) is 2.03. The fourth-order valence-electron chi connectivity index (χ4n) is 2.03. The Morgan fingerprint density at radius 1 is 1.07 bits per heavy atom. The number of esters is 2. The van der Waals surface area contributed by atoms with E-state index in [0.717, 1.165) is 0 Å². The van der Waals surface area contributed by atoms with E-state index in [1.54, 1.807) is 39.0 Å². The third-order valence-corrected chi connectivity index (χ3v) is 3.14. The molecule has 1 aromatic heterocycles. The number of methoxy groups -OCH3 is 1. The standard InChI is InChI=1S/C19H21NO7/c1-19(2,3)27-18(23)20-13-7-5-6-12(10-13)16(21)25-11-14-8-9-15(26-14)17(22)24-4/h5-10H,11H2,1-4H3,(H,20,23).